The van der Waals surface area contributed by atoms with Gasteiger partial charge in [0.25, 0.3) is 0 Å². The van der Waals surface area contributed by atoms with Crippen LogP contribution in [0.5, 0.6) is 11.5 Å². The zero-order valence-corrected chi connectivity index (χ0v) is 15.0. The Kier molecular flexibility index (Phi) is 5.60. The summed E-state index contributed by atoms with van der Waals surface area (Å²) in [4.78, 5) is 17.5. The standard InChI is InChI=1S/C19H20N2O3S/c1-23-15-7-3-13(4-8-15)17(21-19-20-11-12-25-19)18(22)14-5-9-16(24-2)10-6-14/h3-10,17H,11-12H2,1-2H3,(H,20,21). The highest BCUT2D eigenvalue weighted by molar-refractivity contribution is 8.14. The van der Waals surface area contributed by atoms with E-state index >= 15 is 0 Å². The van der Waals surface area contributed by atoms with Gasteiger partial charge in [-0.1, -0.05) is 23.9 Å². The van der Waals surface area contributed by atoms with Gasteiger partial charge in [0.15, 0.2) is 11.0 Å². The highest BCUT2D eigenvalue weighted by atomic mass is 32.2. The molecule has 1 N–H and O–H groups in total. The second kappa shape index (κ2) is 8.07. The lowest BCUT2D eigenvalue weighted by atomic mass is 9.97. The highest BCUT2D eigenvalue weighted by Gasteiger charge is 2.24. The molecular weight excluding hydrogens is 336 g/mol. The number of aliphatic imine (C=N–C) groups is 1. The van der Waals surface area contributed by atoms with Crippen molar-refractivity contribution in [3.63, 3.8) is 0 Å². The molecule has 0 fully saturated rings. The smallest absolute Gasteiger partial charge is 0.189 e. The maximum absolute atomic E-state index is 13.1. The van der Waals surface area contributed by atoms with E-state index in [1.54, 1.807) is 50.2 Å². The van der Waals surface area contributed by atoms with Crippen molar-refractivity contribution in [1.29, 1.82) is 0 Å². The van der Waals surface area contributed by atoms with Crippen LogP contribution in [0, 0.1) is 0 Å². The van der Waals surface area contributed by atoms with Gasteiger partial charge in [-0.3, -0.25) is 9.79 Å². The number of Topliss-reactive ketones (excluding diaryl/α,β-unsaturated/α-hetero) is 1. The number of hydrogen-bond donors (Lipinski definition) is 1. The number of ether oxygens (including phenoxy) is 2. The fourth-order valence-corrected chi connectivity index (χ4v) is 3.32. The van der Waals surface area contributed by atoms with Crippen molar-refractivity contribution in [2.75, 3.05) is 26.5 Å². The van der Waals surface area contributed by atoms with Crippen molar-refractivity contribution < 1.29 is 14.3 Å². The molecule has 1 aliphatic heterocycles. The molecule has 0 aliphatic carbocycles. The summed E-state index contributed by atoms with van der Waals surface area (Å²) in [6.45, 7) is 0.777. The summed E-state index contributed by atoms with van der Waals surface area (Å²) in [6.07, 6.45) is 0. The van der Waals surface area contributed by atoms with E-state index in [2.05, 4.69) is 10.3 Å². The Morgan fingerprint density at radius 3 is 2.16 bits per heavy atom. The molecule has 2 aromatic carbocycles. The van der Waals surface area contributed by atoms with Crippen LogP contribution in [-0.4, -0.2) is 37.5 Å². The molecule has 3 rings (SSSR count). The van der Waals surface area contributed by atoms with Gasteiger partial charge in [-0.15, -0.1) is 0 Å². The molecular formula is C19H20N2O3S. The maximum atomic E-state index is 13.1. The maximum Gasteiger partial charge on any atom is 0.189 e. The van der Waals surface area contributed by atoms with Gasteiger partial charge in [0, 0.05) is 11.3 Å². The Morgan fingerprint density at radius 2 is 1.64 bits per heavy atom. The second-order valence-electron chi connectivity index (χ2n) is 5.48. The van der Waals surface area contributed by atoms with Gasteiger partial charge in [-0.25, -0.2) is 0 Å². The number of thioether (sulfide) groups is 1. The van der Waals surface area contributed by atoms with E-state index in [4.69, 9.17) is 9.47 Å². The molecule has 130 valence electrons. The van der Waals surface area contributed by atoms with Gasteiger partial charge >= 0.3 is 0 Å². The lowest BCUT2D eigenvalue weighted by molar-refractivity contribution is 0.0953. The van der Waals surface area contributed by atoms with Crippen LogP contribution in [0.2, 0.25) is 0 Å². The van der Waals surface area contributed by atoms with Crippen LogP contribution < -0.4 is 14.8 Å². The summed E-state index contributed by atoms with van der Waals surface area (Å²) in [7, 11) is 3.23. The van der Waals surface area contributed by atoms with E-state index in [9.17, 15) is 4.79 Å². The average molecular weight is 356 g/mol. The van der Waals surface area contributed by atoms with E-state index in [-0.39, 0.29) is 5.78 Å². The number of nitrogens with zero attached hydrogens (tertiary/aromatic N) is 1. The number of carbonyl (C=O) groups excluding carboxylic acids is 1. The summed E-state index contributed by atoms with van der Waals surface area (Å²) in [5.74, 6) is 2.41. The van der Waals surface area contributed by atoms with Crippen molar-refractivity contribution in [2.45, 2.75) is 6.04 Å². The summed E-state index contributed by atoms with van der Waals surface area (Å²) in [6, 6.07) is 14.2. The third kappa shape index (κ3) is 4.14. The third-order valence-corrected chi connectivity index (χ3v) is 4.85. The monoisotopic (exact) mass is 356 g/mol. The van der Waals surface area contributed by atoms with E-state index in [0.717, 1.165) is 34.5 Å². The molecule has 6 heteroatoms. The van der Waals surface area contributed by atoms with Crippen LogP contribution in [0.3, 0.4) is 0 Å². The summed E-state index contributed by atoms with van der Waals surface area (Å²) < 4.78 is 10.4. The molecule has 1 atom stereocenters. The molecule has 1 aliphatic rings. The van der Waals surface area contributed by atoms with Crippen LogP contribution in [0.4, 0.5) is 0 Å². The van der Waals surface area contributed by atoms with E-state index < -0.39 is 6.04 Å². The lowest BCUT2D eigenvalue weighted by Crippen LogP contribution is -2.31. The minimum Gasteiger partial charge on any atom is -0.497 e. The van der Waals surface area contributed by atoms with Crippen LogP contribution in [0.25, 0.3) is 0 Å². The number of rotatable bonds is 6. The number of benzene rings is 2. The SMILES string of the molecule is COc1ccc(C(=O)C(NC2=NCCS2)c2ccc(OC)cc2)cc1. The molecule has 0 radical (unpaired) electrons. The molecule has 1 heterocycles. The first kappa shape index (κ1) is 17.4. The number of carbonyl (C=O) groups is 1. The molecule has 25 heavy (non-hydrogen) atoms. The Balaban J connectivity index is 1.89. The Labute approximate surface area is 151 Å². The molecule has 0 saturated heterocycles. The molecule has 0 saturated carbocycles. The predicted octanol–water partition coefficient (Wildman–Crippen LogP) is 3.32. The molecule has 0 aromatic heterocycles. The first-order valence-corrected chi connectivity index (χ1v) is 8.96. The topological polar surface area (TPSA) is 59.9 Å². The van der Waals surface area contributed by atoms with Gasteiger partial charge < -0.3 is 14.8 Å². The normalized spacial score (nSPS) is 14.6. The minimum absolute atomic E-state index is 0.0111. The fourth-order valence-electron chi connectivity index (χ4n) is 2.56. The zero-order valence-electron chi connectivity index (χ0n) is 14.2. The molecule has 0 bridgehead atoms. The quantitative estimate of drug-likeness (QED) is 0.805. The predicted molar refractivity (Wildman–Crippen MR) is 101 cm³/mol. The van der Waals surface area contributed by atoms with Crippen molar-refractivity contribution in [3.05, 3.63) is 59.7 Å². The van der Waals surface area contributed by atoms with E-state index in [1.807, 2.05) is 24.3 Å². The Morgan fingerprint density at radius 1 is 1.04 bits per heavy atom. The molecule has 0 amide bonds. The second-order valence-corrected chi connectivity index (χ2v) is 6.56. The first-order valence-electron chi connectivity index (χ1n) is 7.97. The Hall–Kier alpha value is -2.47. The van der Waals surface area contributed by atoms with Gasteiger partial charge in [0.1, 0.15) is 17.5 Å². The lowest BCUT2D eigenvalue weighted by Gasteiger charge is -2.19. The van der Waals surface area contributed by atoms with Crippen molar-refractivity contribution in [3.8, 4) is 11.5 Å². The molecule has 1 unspecified atom stereocenters. The number of ketones is 1. The van der Waals surface area contributed by atoms with Gasteiger partial charge in [0.2, 0.25) is 0 Å². The van der Waals surface area contributed by atoms with E-state index in [0.29, 0.717) is 5.56 Å². The number of nitrogens with one attached hydrogen (secondary N) is 1. The van der Waals surface area contributed by atoms with Crippen LogP contribution in [-0.2, 0) is 0 Å². The molecule has 0 spiro atoms. The van der Waals surface area contributed by atoms with Crippen LogP contribution in [0.1, 0.15) is 22.0 Å². The first-order chi connectivity index (χ1) is 12.2. The summed E-state index contributed by atoms with van der Waals surface area (Å²) >= 11 is 1.63. The van der Waals surface area contributed by atoms with Crippen molar-refractivity contribution in [2.24, 2.45) is 4.99 Å². The summed E-state index contributed by atoms with van der Waals surface area (Å²) in [5, 5.41) is 4.10. The highest BCUT2D eigenvalue weighted by Crippen LogP contribution is 2.24. The molecule has 5 nitrogen and oxygen atoms in total. The van der Waals surface area contributed by atoms with Gasteiger partial charge in [0.05, 0.1) is 20.8 Å². The van der Waals surface area contributed by atoms with E-state index in [1.165, 1.54) is 0 Å². The largest absolute Gasteiger partial charge is 0.497 e. The molecule has 2 aromatic rings. The average Bonchev–Trinajstić information content (AvgIpc) is 3.19. The summed E-state index contributed by atoms with van der Waals surface area (Å²) in [5.41, 5.74) is 1.49. The Bertz CT molecular complexity index is 757. The zero-order chi connectivity index (χ0) is 17.6. The number of methoxy groups -OCH3 is 2. The van der Waals surface area contributed by atoms with Crippen molar-refractivity contribution >= 4 is 22.7 Å². The van der Waals surface area contributed by atoms with Crippen LogP contribution in [0.15, 0.2) is 53.5 Å². The number of amidine groups is 1. The van der Waals surface area contributed by atoms with Gasteiger partial charge in [-0.2, -0.15) is 0 Å². The number of hydrogen-bond acceptors (Lipinski definition) is 6. The fraction of sp³-hybridized carbons (Fsp3) is 0.263. The minimum atomic E-state index is -0.497. The van der Waals surface area contributed by atoms with Gasteiger partial charge in [-0.05, 0) is 42.0 Å². The van der Waals surface area contributed by atoms with Crippen LogP contribution >= 0.6 is 11.8 Å². The third-order valence-electron chi connectivity index (χ3n) is 3.94. The van der Waals surface area contributed by atoms with Crippen molar-refractivity contribution in [1.82, 2.24) is 5.32 Å².